The second-order valence-corrected chi connectivity index (χ2v) is 3.70. The summed E-state index contributed by atoms with van der Waals surface area (Å²) >= 11 is 0. The van der Waals surface area contributed by atoms with Crippen molar-refractivity contribution in [3.8, 4) is 0 Å². The predicted molar refractivity (Wildman–Crippen MR) is 61.2 cm³/mol. The number of nitro groups is 1. The molecule has 4 heteroatoms. The van der Waals surface area contributed by atoms with Crippen molar-refractivity contribution in [3.63, 3.8) is 0 Å². The van der Waals surface area contributed by atoms with E-state index >= 15 is 0 Å². The van der Waals surface area contributed by atoms with Crippen LogP contribution in [0.15, 0.2) is 47.1 Å². The van der Waals surface area contributed by atoms with Crippen molar-refractivity contribution < 1.29 is 4.92 Å². The van der Waals surface area contributed by atoms with Crippen LogP contribution in [0.5, 0.6) is 0 Å². The van der Waals surface area contributed by atoms with Crippen LogP contribution in [0.2, 0.25) is 0 Å². The number of fused-ring (bicyclic) bond motifs is 3. The minimum Gasteiger partial charge on any atom is -0.258 e. The maximum Gasteiger partial charge on any atom is 0.278 e. The second-order valence-electron chi connectivity index (χ2n) is 3.70. The zero-order chi connectivity index (χ0) is 11.1. The van der Waals surface area contributed by atoms with Crippen LogP contribution in [0.1, 0.15) is 12.0 Å². The number of aliphatic imine (C=N–C) groups is 1. The standard InChI is InChI=1S/C12H8N2O2/c15-14(16)11-7-3-6-10-12(11)8-4-1-2-5-9(8)13-10/h1-5,7H,6H2. The molecule has 0 N–H and O–H groups in total. The van der Waals surface area contributed by atoms with E-state index in [9.17, 15) is 10.1 Å². The summed E-state index contributed by atoms with van der Waals surface area (Å²) in [6.45, 7) is 0. The summed E-state index contributed by atoms with van der Waals surface area (Å²) in [5.74, 6) is 0. The molecule has 0 bridgehead atoms. The molecule has 0 amide bonds. The predicted octanol–water partition coefficient (Wildman–Crippen LogP) is 2.72. The Balaban J connectivity index is 2.30. The quantitative estimate of drug-likeness (QED) is 0.530. The Labute approximate surface area is 91.8 Å². The maximum atomic E-state index is 10.9. The summed E-state index contributed by atoms with van der Waals surface area (Å²) in [6, 6.07) is 7.52. The smallest absolute Gasteiger partial charge is 0.258 e. The fourth-order valence-corrected chi connectivity index (χ4v) is 2.09. The number of hydrogen-bond donors (Lipinski definition) is 0. The summed E-state index contributed by atoms with van der Waals surface area (Å²) in [4.78, 5) is 15.0. The highest BCUT2D eigenvalue weighted by Gasteiger charge is 2.30. The van der Waals surface area contributed by atoms with Gasteiger partial charge in [-0.3, -0.25) is 15.1 Å². The number of hydrogen-bond acceptors (Lipinski definition) is 3. The van der Waals surface area contributed by atoms with Crippen LogP contribution in [0.25, 0.3) is 5.57 Å². The zero-order valence-electron chi connectivity index (χ0n) is 8.38. The van der Waals surface area contributed by atoms with Crippen LogP contribution in [0.3, 0.4) is 0 Å². The van der Waals surface area contributed by atoms with Gasteiger partial charge in [-0.15, -0.1) is 0 Å². The molecule has 16 heavy (non-hydrogen) atoms. The molecular formula is C12H8N2O2. The summed E-state index contributed by atoms with van der Waals surface area (Å²) < 4.78 is 0. The molecule has 3 rings (SSSR count). The number of rotatable bonds is 1. The number of nitrogens with zero attached hydrogens (tertiary/aromatic N) is 2. The van der Waals surface area contributed by atoms with Gasteiger partial charge in [-0.1, -0.05) is 24.3 Å². The van der Waals surface area contributed by atoms with Gasteiger partial charge in [-0.05, 0) is 6.07 Å². The summed E-state index contributed by atoms with van der Waals surface area (Å²) in [5.41, 5.74) is 3.33. The third-order valence-electron chi connectivity index (χ3n) is 2.76. The van der Waals surface area contributed by atoms with Crippen molar-refractivity contribution in [2.75, 3.05) is 0 Å². The molecule has 4 nitrogen and oxygen atoms in total. The minimum atomic E-state index is -0.345. The monoisotopic (exact) mass is 212 g/mol. The van der Waals surface area contributed by atoms with Gasteiger partial charge in [0.1, 0.15) is 0 Å². The van der Waals surface area contributed by atoms with Crippen LogP contribution in [0, 0.1) is 10.1 Å². The molecule has 0 atom stereocenters. The van der Waals surface area contributed by atoms with Gasteiger partial charge in [0.15, 0.2) is 0 Å². The first-order valence-electron chi connectivity index (χ1n) is 5.00. The van der Waals surface area contributed by atoms with Crippen LogP contribution in [-0.2, 0) is 0 Å². The van der Waals surface area contributed by atoms with Gasteiger partial charge < -0.3 is 0 Å². The third kappa shape index (κ3) is 1.13. The van der Waals surface area contributed by atoms with E-state index in [2.05, 4.69) is 4.99 Å². The molecule has 2 aliphatic rings. The molecule has 0 saturated heterocycles. The number of benzene rings is 1. The van der Waals surface area contributed by atoms with Gasteiger partial charge in [0.2, 0.25) is 0 Å². The number of para-hydroxylation sites is 1. The molecule has 0 unspecified atom stereocenters. The van der Waals surface area contributed by atoms with Gasteiger partial charge in [-0.25, -0.2) is 0 Å². The molecule has 1 aromatic rings. The van der Waals surface area contributed by atoms with Crippen LogP contribution in [-0.4, -0.2) is 10.6 Å². The minimum absolute atomic E-state index is 0.148. The molecule has 0 radical (unpaired) electrons. The topological polar surface area (TPSA) is 55.5 Å². The maximum absolute atomic E-state index is 10.9. The van der Waals surface area contributed by atoms with Crippen LogP contribution < -0.4 is 0 Å². The van der Waals surface area contributed by atoms with E-state index in [0.717, 1.165) is 17.0 Å². The van der Waals surface area contributed by atoms with Gasteiger partial charge in [0, 0.05) is 18.1 Å². The van der Waals surface area contributed by atoms with E-state index in [4.69, 9.17) is 0 Å². The van der Waals surface area contributed by atoms with Gasteiger partial charge in [-0.2, -0.15) is 0 Å². The molecule has 0 aromatic heterocycles. The van der Waals surface area contributed by atoms with Gasteiger partial charge in [0.25, 0.3) is 5.70 Å². The van der Waals surface area contributed by atoms with Gasteiger partial charge in [0.05, 0.1) is 21.9 Å². The lowest BCUT2D eigenvalue weighted by molar-refractivity contribution is -0.417. The molecule has 1 aromatic carbocycles. The fourth-order valence-electron chi connectivity index (χ4n) is 2.09. The van der Waals surface area contributed by atoms with Crippen LogP contribution in [0.4, 0.5) is 5.69 Å². The lowest BCUT2D eigenvalue weighted by Crippen LogP contribution is -2.09. The normalized spacial score (nSPS) is 16.9. The largest absolute Gasteiger partial charge is 0.278 e. The van der Waals surface area contributed by atoms with Crippen molar-refractivity contribution in [2.24, 2.45) is 4.99 Å². The highest BCUT2D eigenvalue weighted by Crippen LogP contribution is 2.39. The molecule has 1 aliphatic heterocycles. The van der Waals surface area contributed by atoms with E-state index in [-0.39, 0.29) is 10.6 Å². The Hall–Kier alpha value is -2.23. The highest BCUT2D eigenvalue weighted by atomic mass is 16.6. The Morgan fingerprint density at radius 3 is 2.94 bits per heavy atom. The van der Waals surface area contributed by atoms with Crippen molar-refractivity contribution in [3.05, 3.63) is 57.8 Å². The second kappa shape index (κ2) is 3.13. The van der Waals surface area contributed by atoms with E-state index < -0.39 is 0 Å². The highest BCUT2D eigenvalue weighted by molar-refractivity contribution is 6.30. The summed E-state index contributed by atoms with van der Waals surface area (Å²) in [7, 11) is 0. The molecule has 1 aliphatic carbocycles. The van der Waals surface area contributed by atoms with Crippen molar-refractivity contribution in [1.82, 2.24) is 0 Å². The lowest BCUT2D eigenvalue weighted by atomic mass is 9.95. The molecule has 1 heterocycles. The lowest BCUT2D eigenvalue weighted by Gasteiger charge is -2.07. The number of allylic oxidation sites excluding steroid dienone is 3. The molecule has 0 saturated carbocycles. The average Bonchev–Trinajstić information content (AvgIpc) is 2.66. The Morgan fingerprint density at radius 2 is 2.12 bits per heavy atom. The molecular weight excluding hydrogens is 204 g/mol. The van der Waals surface area contributed by atoms with Gasteiger partial charge >= 0.3 is 0 Å². The van der Waals surface area contributed by atoms with E-state index in [1.54, 1.807) is 12.2 Å². The Kier molecular flexibility index (Phi) is 1.77. The van der Waals surface area contributed by atoms with E-state index in [0.29, 0.717) is 12.0 Å². The van der Waals surface area contributed by atoms with E-state index in [1.165, 1.54) is 0 Å². The van der Waals surface area contributed by atoms with Crippen molar-refractivity contribution in [1.29, 1.82) is 0 Å². The zero-order valence-corrected chi connectivity index (χ0v) is 8.38. The third-order valence-corrected chi connectivity index (χ3v) is 2.76. The molecule has 78 valence electrons. The van der Waals surface area contributed by atoms with Crippen LogP contribution >= 0.6 is 0 Å². The Morgan fingerprint density at radius 1 is 1.31 bits per heavy atom. The molecule has 0 spiro atoms. The first kappa shape index (κ1) is 9.03. The first-order valence-corrected chi connectivity index (χ1v) is 5.00. The van der Waals surface area contributed by atoms with Crippen molar-refractivity contribution in [2.45, 2.75) is 6.42 Å². The van der Waals surface area contributed by atoms with E-state index in [1.807, 2.05) is 24.3 Å². The average molecular weight is 212 g/mol. The fraction of sp³-hybridized carbons (Fsp3) is 0.0833. The Bertz CT molecular complexity index is 582. The SMILES string of the molecule is O=[N+]([O-])C1=C2C(=Nc3ccccc32)CC=C1. The summed E-state index contributed by atoms with van der Waals surface area (Å²) in [6.07, 6.45) is 4.02. The first-order chi connectivity index (χ1) is 7.77. The molecule has 0 fully saturated rings. The van der Waals surface area contributed by atoms with Crippen molar-refractivity contribution >= 4 is 17.0 Å². The summed E-state index contributed by atoms with van der Waals surface area (Å²) in [5, 5.41) is 10.9.